The summed E-state index contributed by atoms with van der Waals surface area (Å²) in [5, 5.41) is 3.22. The fraction of sp³-hybridized carbons (Fsp3) is 0.333. The molecule has 1 N–H and O–H groups in total. The smallest absolute Gasteiger partial charge is 0.140 e. The molecular formula is C15H16F3NO. The zero-order valence-electron chi connectivity index (χ0n) is 11.3. The van der Waals surface area contributed by atoms with Gasteiger partial charge in [0.05, 0.1) is 5.56 Å². The highest BCUT2D eigenvalue weighted by molar-refractivity contribution is 5.59. The van der Waals surface area contributed by atoms with E-state index in [1.54, 1.807) is 6.07 Å². The van der Waals surface area contributed by atoms with E-state index in [9.17, 15) is 13.2 Å². The standard InChI is InChI=1S/C15H16F3NO/c1-3-19-9(2)6-11-4-5-14(20-11)15-12(17)7-10(16)8-13(15)18/h4-5,7-9,19H,3,6H2,1-2H3. The van der Waals surface area contributed by atoms with Crippen molar-refractivity contribution in [2.45, 2.75) is 26.3 Å². The van der Waals surface area contributed by atoms with Crippen LogP contribution in [0.5, 0.6) is 0 Å². The average Bonchev–Trinajstić information content (AvgIpc) is 2.76. The van der Waals surface area contributed by atoms with E-state index in [1.807, 2.05) is 13.8 Å². The molecule has 1 aromatic heterocycles. The van der Waals surface area contributed by atoms with E-state index in [1.165, 1.54) is 6.07 Å². The van der Waals surface area contributed by atoms with Crippen LogP contribution in [0.3, 0.4) is 0 Å². The van der Waals surface area contributed by atoms with Gasteiger partial charge < -0.3 is 9.73 Å². The molecule has 2 aromatic rings. The van der Waals surface area contributed by atoms with Gasteiger partial charge in [-0.05, 0) is 25.6 Å². The average molecular weight is 283 g/mol. The Morgan fingerprint density at radius 1 is 1.15 bits per heavy atom. The van der Waals surface area contributed by atoms with Crippen molar-refractivity contribution >= 4 is 0 Å². The van der Waals surface area contributed by atoms with Crippen LogP contribution in [-0.4, -0.2) is 12.6 Å². The zero-order valence-corrected chi connectivity index (χ0v) is 11.3. The highest BCUT2D eigenvalue weighted by Crippen LogP contribution is 2.28. The second-order valence-electron chi connectivity index (χ2n) is 4.67. The third-order valence-corrected chi connectivity index (χ3v) is 2.97. The summed E-state index contributed by atoms with van der Waals surface area (Å²) in [4.78, 5) is 0. The van der Waals surface area contributed by atoms with E-state index >= 15 is 0 Å². The lowest BCUT2D eigenvalue weighted by Gasteiger charge is -2.09. The van der Waals surface area contributed by atoms with E-state index < -0.39 is 17.5 Å². The van der Waals surface area contributed by atoms with Crippen molar-refractivity contribution < 1.29 is 17.6 Å². The number of halogens is 3. The van der Waals surface area contributed by atoms with E-state index in [2.05, 4.69) is 5.32 Å². The van der Waals surface area contributed by atoms with Crippen LogP contribution in [0.4, 0.5) is 13.2 Å². The highest BCUT2D eigenvalue weighted by atomic mass is 19.1. The summed E-state index contributed by atoms with van der Waals surface area (Å²) in [6, 6.07) is 4.64. The van der Waals surface area contributed by atoms with Crippen molar-refractivity contribution in [1.82, 2.24) is 5.32 Å². The number of furan rings is 1. The minimum Gasteiger partial charge on any atom is -0.461 e. The minimum absolute atomic E-state index is 0.0682. The summed E-state index contributed by atoms with van der Waals surface area (Å²) in [6.07, 6.45) is 0.609. The van der Waals surface area contributed by atoms with Gasteiger partial charge >= 0.3 is 0 Å². The van der Waals surface area contributed by atoms with Crippen molar-refractivity contribution in [2.75, 3.05) is 6.54 Å². The molecule has 1 aromatic carbocycles. The van der Waals surface area contributed by atoms with Gasteiger partial charge in [0.25, 0.3) is 0 Å². The Balaban J connectivity index is 2.25. The molecule has 0 amide bonds. The van der Waals surface area contributed by atoms with Crippen LogP contribution in [0.25, 0.3) is 11.3 Å². The fourth-order valence-corrected chi connectivity index (χ4v) is 2.12. The summed E-state index contributed by atoms with van der Waals surface area (Å²) in [5.41, 5.74) is -0.339. The van der Waals surface area contributed by atoms with Crippen molar-refractivity contribution in [3.63, 3.8) is 0 Å². The topological polar surface area (TPSA) is 25.2 Å². The molecular weight excluding hydrogens is 267 g/mol. The summed E-state index contributed by atoms with van der Waals surface area (Å²) >= 11 is 0. The van der Waals surface area contributed by atoms with Gasteiger partial charge in [0, 0.05) is 24.6 Å². The van der Waals surface area contributed by atoms with Crippen LogP contribution < -0.4 is 5.32 Å². The summed E-state index contributed by atoms with van der Waals surface area (Å²) in [7, 11) is 0. The van der Waals surface area contributed by atoms with E-state index in [4.69, 9.17) is 4.42 Å². The Kier molecular flexibility index (Phi) is 4.49. The molecule has 0 saturated heterocycles. The first-order chi connectivity index (χ1) is 9.51. The Morgan fingerprint density at radius 2 is 1.80 bits per heavy atom. The first-order valence-electron chi connectivity index (χ1n) is 6.48. The molecule has 0 spiro atoms. The lowest BCUT2D eigenvalue weighted by molar-refractivity contribution is 0.464. The Morgan fingerprint density at radius 3 is 2.40 bits per heavy atom. The van der Waals surface area contributed by atoms with Crippen molar-refractivity contribution in [2.24, 2.45) is 0 Å². The first kappa shape index (κ1) is 14.7. The number of hydrogen-bond donors (Lipinski definition) is 1. The van der Waals surface area contributed by atoms with Gasteiger partial charge in [-0.25, -0.2) is 13.2 Å². The molecule has 0 aliphatic carbocycles. The number of nitrogens with one attached hydrogen (secondary N) is 1. The van der Waals surface area contributed by atoms with Gasteiger partial charge in [-0.3, -0.25) is 0 Å². The maximum absolute atomic E-state index is 13.6. The zero-order chi connectivity index (χ0) is 14.7. The monoisotopic (exact) mass is 283 g/mol. The van der Waals surface area contributed by atoms with Crippen molar-refractivity contribution in [1.29, 1.82) is 0 Å². The fourth-order valence-electron chi connectivity index (χ4n) is 2.12. The van der Waals surface area contributed by atoms with Crippen LogP contribution in [0.15, 0.2) is 28.7 Å². The molecule has 5 heteroatoms. The number of likely N-dealkylation sites (N-methyl/N-ethyl adjacent to an activating group) is 1. The van der Waals surface area contributed by atoms with Crippen LogP contribution in [0.1, 0.15) is 19.6 Å². The van der Waals surface area contributed by atoms with Crippen LogP contribution in [-0.2, 0) is 6.42 Å². The van der Waals surface area contributed by atoms with Crippen LogP contribution in [0.2, 0.25) is 0 Å². The van der Waals surface area contributed by atoms with Gasteiger partial charge in [0.15, 0.2) is 0 Å². The SMILES string of the molecule is CCNC(C)Cc1ccc(-c2c(F)cc(F)cc2F)o1. The summed E-state index contributed by atoms with van der Waals surface area (Å²) in [5.74, 6) is -2.20. The molecule has 0 aliphatic heterocycles. The van der Waals surface area contributed by atoms with Gasteiger partial charge in [-0.2, -0.15) is 0 Å². The Hall–Kier alpha value is -1.75. The lowest BCUT2D eigenvalue weighted by atomic mass is 10.1. The lowest BCUT2D eigenvalue weighted by Crippen LogP contribution is -2.27. The Labute approximate surface area is 115 Å². The third-order valence-electron chi connectivity index (χ3n) is 2.97. The molecule has 0 aliphatic rings. The molecule has 0 radical (unpaired) electrons. The molecule has 1 heterocycles. The number of hydrogen-bond acceptors (Lipinski definition) is 2. The Bertz CT molecular complexity index is 572. The minimum atomic E-state index is -0.969. The van der Waals surface area contributed by atoms with Gasteiger partial charge in [-0.15, -0.1) is 0 Å². The quantitative estimate of drug-likeness (QED) is 0.900. The maximum atomic E-state index is 13.6. The first-order valence-corrected chi connectivity index (χ1v) is 6.48. The number of rotatable bonds is 5. The highest BCUT2D eigenvalue weighted by Gasteiger charge is 2.17. The van der Waals surface area contributed by atoms with E-state index in [-0.39, 0.29) is 17.4 Å². The number of benzene rings is 1. The second kappa shape index (κ2) is 6.13. The largest absolute Gasteiger partial charge is 0.461 e. The molecule has 2 rings (SSSR count). The predicted octanol–water partition coefficient (Wildman–Crippen LogP) is 3.90. The van der Waals surface area contributed by atoms with Crippen molar-refractivity contribution in [3.05, 3.63) is 47.5 Å². The molecule has 1 atom stereocenters. The summed E-state index contributed by atoms with van der Waals surface area (Å²) < 4.78 is 45.6. The molecule has 0 fully saturated rings. The van der Waals surface area contributed by atoms with Gasteiger partial charge in [0.1, 0.15) is 29.0 Å². The second-order valence-corrected chi connectivity index (χ2v) is 4.67. The molecule has 0 saturated carbocycles. The van der Waals surface area contributed by atoms with Gasteiger partial charge in [0.2, 0.25) is 0 Å². The van der Waals surface area contributed by atoms with Crippen LogP contribution >= 0.6 is 0 Å². The molecule has 0 bridgehead atoms. The van der Waals surface area contributed by atoms with E-state index in [0.29, 0.717) is 24.3 Å². The normalized spacial score (nSPS) is 12.7. The van der Waals surface area contributed by atoms with E-state index in [0.717, 1.165) is 6.54 Å². The van der Waals surface area contributed by atoms with Crippen molar-refractivity contribution in [3.8, 4) is 11.3 Å². The van der Waals surface area contributed by atoms with Crippen LogP contribution in [0, 0.1) is 17.5 Å². The molecule has 1 unspecified atom stereocenters. The molecule has 108 valence electrons. The molecule has 20 heavy (non-hydrogen) atoms. The summed E-state index contributed by atoms with van der Waals surface area (Å²) in [6.45, 7) is 4.81. The van der Waals surface area contributed by atoms with Gasteiger partial charge in [-0.1, -0.05) is 6.92 Å². The molecule has 2 nitrogen and oxygen atoms in total. The maximum Gasteiger partial charge on any atom is 0.140 e. The predicted molar refractivity (Wildman–Crippen MR) is 70.9 cm³/mol. The third kappa shape index (κ3) is 3.22.